The predicted octanol–water partition coefficient (Wildman–Crippen LogP) is 2.57. The molecule has 0 saturated carbocycles. The van der Waals surface area contributed by atoms with Gasteiger partial charge in [-0.15, -0.1) is 11.3 Å². The van der Waals surface area contributed by atoms with E-state index in [9.17, 15) is 0 Å². The summed E-state index contributed by atoms with van der Waals surface area (Å²) in [6, 6.07) is 4.10. The van der Waals surface area contributed by atoms with Crippen molar-refractivity contribution in [1.29, 1.82) is 0 Å². The van der Waals surface area contributed by atoms with Crippen LogP contribution >= 0.6 is 22.9 Å². The second-order valence-electron chi connectivity index (χ2n) is 4.18. The first-order valence-corrected chi connectivity index (χ1v) is 6.64. The highest BCUT2D eigenvalue weighted by molar-refractivity contribution is 7.16. The maximum atomic E-state index is 5.91. The fraction of sp³-hybridized carbons (Fsp3) is 0.636. The molecule has 0 aromatic carbocycles. The quantitative estimate of drug-likeness (QED) is 0.886. The lowest BCUT2D eigenvalue weighted by Gasteiger charge is -2.31. The molecule has 4 heteroatoms. The van der Waals surface area contributed by atoms with Crippen LogP contribution in [0.15, 0.2) is 12.1 Å². The maximum Gasteiger partial charge on any atom is 0.0931 e. The van der Waals surface area contributed by atoms with Crippen LogP contribution in [0.4, 0.5) is 0 Å². The zero-order chi connectivity index (χ0) is 10.7. The van der Waals surface area contributed by atoms with E-state index in [4.69, 9.17) is 17.3 Å². The van der Waals surface area contributed by atoms with Crippen LogP contribution in [0, 0.1) is 5.92 Å². The molecule has 1 atom stereocenters. The summed E-state index contributed by atoms with van der Waals surface area (Å²) < 4.78 is 0.886. The monoisotopic (exact) mass is 244 g/mol. The Hall–Kier alpha value is -0.0900. The predicted molar refractivity (Wildman–Crippen MR) is 66.4 cm³/mol. The normalized spacial score (nSPS) is 23.2. The molecule has 1 fully saturated rings. The smallest absolute Gasteiger partial charge is 0.0931 e. The molecule has 1 aromatic heterocycles. The molecule has 0 unspecified atom stereocenters. The van der Waals surface area contributed by atoms with Crippen molar-refractivity contribution >= 4 is 22.9 Å². The van der Waals surface area contributed by atoms with Gasteiger partial charge >= 0.3 is 0 Å². The number of hydrogen-bond acceptors (Lipinski definition) is 3. The highest BCUT2D eigenvalue weighted by Crippen LogP contribution is 2.24. The fourth-order valence-electron chi connectivity index (χ4n) is 2.14. The minimum absolute atomic E-state index is 0.689. The molecule has 2 rings (SSSR count). The van der Waals surface area contributed by atoms with Crippen LogP contribution < -0.4 is 5.73 Å². The lowest BCUT2D eigenvalue weighted by Crippen LogP contribution is -2.37. The van der Waals surface area contributed by atoms with E-state index in [0.29, 0.717) is 5.92 Å². The highest BCUT2D eigenvalue weighted by Gasteiger charge is 2.18. The topological polar surface area (TPSA) is 29.3 Å². The van der Waals surface area contributed by atoms with Crippen molar-refractivity contribution in [3.63, 3.8) is 0 Å². The van der Waals surface area contributed by atoms with E-state index < -0.39 is 0 Å². The summed E-state index contributed by atoms with van der Waals surface area (Å²) in [6.45, 7) is 4.20. The Morgan fingerprint density at radius 1 is 1.53 bits per heavy atom. The maximum absolute atomic E-state index is 5.91. The molecule has 1 aromatic rings. The average molecular weight is 245 g/mol. The molecule has 0 bridgehead atoms. The Labute approximate surface area is 100 Å². The van der Waals surface area contributed by atoms with Gasteiger partial charge in [-0.1, -0.05) is 11.6 Å². The highest BCUT2D eigenvalue weighted by atomic mass is 35.5. The molecule has 2 N–H and O–H groups in total. The number of hydrogen-bond donors (Lipinski definition) is 1. The summed E-state index contributed by atoms with van der Waals surface area (Å²) in [5.74, 6) is 0.689. The Balaban J connectivity index is 1.88. The van der Waals surface area contributed by atoms with Gasteiger partial charge < -0.3 is 5.73 Å². The molecule has 2 nitrogen and oxygen atoms in total. The molecular weight excluding hydrogens is 228 g/mol. The molecule has 0 radical (unpaired) electrons. The number of nitrogens with zero attached hydrogens (tertiary/aromatic N) is 1. The summed E-state index contributed by atoms with van der Waals surface area (Å²) >= 11 is 7.60. The van der Waals surface area contributed by atoms with Gasteiger partial charge in [0.05, 0.1) is 4.34 Å². The zero-order valence-corrected chi connectivity index (χ0v) is 10.4. The summed E-state index contributed by atoms with van der Waals surface area (Å²) in [7, 11) is 0. The van der Waals surface area contributed by atoms with Gasteiger partial charge in [0.15, 0.2) is 0 Å². The summed E-state index contributed by atoms with van der Waals surface area (Å²) in [5, 5.41) is 0. The van der Waals surface area contributed by atoms with E-state index in [-0.39, 0.29) is 0 Å². The van der Waals surface area contributed by atoms with Crippen molar-refractivity contribution in [3.8, 4) is 0 Å². The minimum Gasteiger partial charge on any atom is -0.330 e. The zero-order valence-electron chi connectivity index (χ0n) is 8.79. The molecule has 15 heavy (non-hydrogen) atoms. The molecule has 2 heterocycles. The van der Waals surface area contributed by atoms with E-state index in [1.807, 2.05) is 6.07 Å². The number of rotatable bonds is 3. The molecule has 84 valence electrons. The van der Waals surface area contributed by atoms with Crippen LogP contribution in [0.2, 0.25) is 4.34 Å². The largest absolute Gasteiger partial charge is 0.330 e. The van der Waals surface area contributed by atoms with Crippen molar-refractivity contribution in [1.82, 2.24) is 4.90 Å². The third-order valence-corrected chi connectivity index (χ3v) is 4.16. The first kappa shape index (κ1) is 11.4. The third kappa shape index (κ3) is 3.18. The Bertz CT molecular complexity index is 313. The van der Waals surface area contributed by atoms with Gasteiger partial charge in [-0.05, 0) is 44.0 Å². The van der Waals surface area contributed by atoms with Gasteiger partial charge in [0.1, 0.15) is 0 Å². The Morgan fingerprint density at radius 3 is 3.07 bits per heavy atom. The van der Waals surface area contributed by atoms with Gasteiger partial charge in [0, 0.05) is 18.0 Å². The summed E-state index contributed by atoms with van der Waals surface area (Å²) in [5.41, 5.74) is 5.72. The van der Waals surface area contributed by atoms with Crippen molar-refractivity contribution < 1.29 is 0 Å². The van der Waals surface area contributed by atoms with E-state index >= 15 is 0 Å². The second kappa shape index (κ2) is 5.30. The van der Waals surface area contributed by atoms with Crippen LogP contribution in [0.1, 0.15) is 17.7 Å². The molecular formula is C11H17ClN2S. The fourth-order valence-corrected chi connectivity index (χ4v) is 3.27. The van der Waals surface area contributed by atoms with Crippen molar-refractivity contribution in [2.75, 3.05) is 19.6 Å². The number of piperidine rings is 1. The number of nitrogens with two attached hydrogens (primary N) is 1. The summed E-state index contributed by atoms with van der Waals surface area (Å²) in [6.07, 6.45) is 2.57. The lowest BCUT2D eigenvalue weighted by atomic mass is 9.98. The molecule has 0 aliphatic carbocycles. The molecule has 1 saturated heterocycles. The third-order valence-electron chi connectivity index (χ3n) is 2.94. The number of halogens is 1. The number of thiophene rings is 1. The Kier molecular flexibility index (Phi) is 4.03. The van der Waals surface area contributed by atoms with Crippen molar-refractivity contribution in [2.45, 2.75) is 19.4 Å². The van der Waals surface area contributed by atoms with Crippen LogP contribution in [0.3, 0.4) is 0 Å². The van der Waals surface area contributed by atoms with Gasteiger partial charge in [-0.25, -0.2) is 0 Å². The number of likely N-dealkylation sites (tertiary alicyclic amines) is 1. The second-order valence-corrected chi connectivity index (χ2v) is 5.98. The Morgan fingerprint density at radius 2 is 2.40 bits per heavy atom. The molecule has 1 aliphatic heterocycles. The van der Waals surface area contributed by atoms with Crippen molar-refractivity contribution in [3.05, 3.63) is 21.3 Å². The standard InChI is InChI=1S/C11H17ClN2S/c12-11-4-3-10(15-11)8-14-5-1-2-9(6-13)7-14/h3-4,9H,1-2,5-8,13H2/t9-/m1/s1. The average Bonchev–Trinajstić information content (AvgIpc) is 2.64. The van der Waals surface area contributed by atoms with Gasteiger partial charge in [-0.3, -0.25) is 4.90 Å². The first-order valence-electron chi connectivity index (χ1n) is 5.44. The van der Waals surface area contributed by atoms with E-state index in [1.165, 1.54) is 24.3 Å². The summed E-state index contributed by atoms with van der Waals surface area (Å²) in [4.78, 5) is 3.85. The minimum atomic E-state index is 0.689. The molecule has 0 spiro atoms. The van der Waals surface area contributed by atoms with Crippen LogP contribution in [0.5, 0.6) is 0 Å². The van der Waals surface area contributed by atoms with E-state index in [0.717, 1.165) is 24.0 Å². The van der Waals surface area contributed by atoms with E-state index in [1.54, 1.807) is 11.3 Å². The van der Waals surface area contributed by atoms with Crippen molar-refractivity contribution in [2.24, 2.45) is 11.7 Å². The van der Waals surface area contributed by atoms with E-state index in [2.05, 4.69) is 11.0 Å². The van der Waals surface area contributed by atoms with Gasteiger partial charge in [0.25, 0.3) is 0 Å². The SMILES string of the molecule is NC[C@H]1CCCN(Cc2ccc(Cl)s2)C1. The van der Waals surface area contributed by atoms with Gasteiger partial charge in [0.2, 0.25) is 0 Å². The first-order chi connectivity index (χ1) is 7.28. The lowest BCUT2D eigenvalue weighted by molar-refractivity contribution is 0.172. The van der Waals surface area contributed by atoms with Crippen LogP contribution in [0.25, 0.3) is 0 Å². The van der Waals surface area contributed by atoms with Crippen LogP contribution in [-0.4, -0.2) is 24.5 Å². The molecule has 0 amide bonds. The van der Waals surface area contributed by atoms with Gasteiger partial charge in [-0.2, -0.15) is 0 Å². The van der Waals surface area contributed by atoms with Crippen LogP contribution in [-0.2, 0) is 6.54 Å². The molecule has 1 aliphatic rings.